The summed E-state index contributed by atoms with van der Waals surface area (Å²) in [5, 5.41) is 32.4. The molecule has 6 aromatic rings. The van der Waals surface area contributed by atoms with Gasteiger partial charge in [0.05, 0.1) is 14.7 Å². The zero-order valence-electron chi connectivity index (χ0n) is 39.9. The Morgan fingerprint density at radius 1 is 0.359 bits per heavy atom. The van der Waals surface area contributed by atoms with Crippen molar-refractivity contribution >= 4 is 43.9 Å². The second kappa shape index (κ2) is 19.2. The number of hydrogen-bond acceptors (Lipinski definition) is 9. The fourth-order valence-corrected chi connectivity index (χ4v) is 12.1. The van der Waals surface area contributed by atoms with Crippen LogP contribution >= 0.6 is 43.9 Å². The summed E-state index contributed by atoms with van der Waals surface area (Å²) in [4.78, 5) is 5.70. The Hall–Kier alpha value is -4.40. The number of phenols is 3. The second-order valence-electron chi connectivity index (χ2n) is 19.8. The van der Waals surface area contributed by atoms with E-state index in [1.807, 2.05) is 96.1 Å². The zero-order valence-corrected chi connectivity index (χ0v) is 43.2. The van der Waals surface area contributed by atoms with Crippen LogP contribution in [0.3, 0.4) is 0 Å². The van der Waals surface area contributed by atoms with E-state index in [9.17, 15) is 15.3 Å². The predicted molar refractivity (Wildman–Crippen MR) is 269 cm³/mol. The van der Waals surface area contributed by atoms with Crippen molar-refractivity contribution in [2.45, 2.75) is 149 Å². The summed E-state index contributed by atoms with van der Waals surface area (Å²) in [7, 11) is -2.18. The van der Waals surface area contributed by atoms with Gasteiger partial charge >= 0.3 is 8.60 Å². The highest BCUT2D eigenvalue weighted by atomic mass is 32.2. The lowest BCUT2D eigenvalue weighted by Crippen LogP contribution is -2.13. The van der Waals surface area contributed by atoms with Gasteiger partial charge in [0.2, 0.25) is 0 Å². The highest BCUT2D eigenvalue weighted by molar-refractivity contribution is 8.00. The van der Waals surface area contributed by atoms with Crippen LogP contribution in [0.1, 0.15) is 112 Å². The predicted octanol–water partition coefficient (Wildman–Crippen LogP) is 16.8. The van der Waals surface area contributed by atoms with Crippen LogP contribution < -0.4 is 13.6 Å². The minimum Gasteiger partial charge on any atom is -0.508 e. The number of aromatic hydroxyl groups is 3. The van der Waals surface area contributed by atoms with Crippen molar-refractivity contribution in [3.63, 3.8) is 0 Å². The van der Waals surface area contributed by atoms with Gasteiger partial charge in [-0.1, -0.05) is 116 Å². The summed E-state index contributed by atoms with van der Waals surface area (Å²) in [5.41, 5.74) is 7.82. The Bertz CT molecular complexity index is 2400. The maximum absolute atomic E-state index is 10.8. The third-order valence-electron chi connectivity index (χ3n) is 10.8. The molecule has 0 amide bonds. The lowest BCUT2D eigenvalue weighted by atomic mass is 9.86. The standard InChI is InChI=1S/C54H63O6PS3/c1-31-16-19-46(62-49-25-34(4)40(55)28-37(49)52(7,8)9)43(22-31)58-61(59-44-23-32(2)17-20-47(44)63-50-26-35(5)41(56)29-38(50)53(10,11)12)60-45-24-33(3)18-21-48(45)64-51-27-36(6)42(57)30-39(51)54(13,14)15/h16-30,55-57H,1-15H3. The van der Waals surface area contributed by atoms with Gasteiger partial charge in [0.25, 0.3) is 0 Å². The average molecular weight is 935 g/mol. The molecule has 0 fully saturated rings. The van der Waals surface area contributed by atoms with E-state index in [1.165, 1.54) is 0 Å². The van der Waals surface area contributed by atoms with Crippen molar-refractivity contribution < 1.29 is 28.9 Å². The highest BCUT2D eigenvalue weighted by Gasteiger charge is 2.29. The van der Waals surface area contributed by atoms with Gasteiger partial charge in [0, 0.05) is 14.7 Å². The Balaban J connectivity index is 1.49. The first-order valence-electron chi connectivity index (χ1n) is 21.5. The molecule has 6 nitrogen and oxygen atoms in total. The van der Waals surface area contributed by atoms with Crippen LogP contribution in [0.4, 0.5) is 0 Å². The third-order valence-corrected chi connectivity index (χ3v) is 15.2. The second-order valence-corrected chi connectivity index (χ2v) is 24.1. The van der Waals surface area contributed by atoms with E-state index in [0.717, 1.165) is 79.4 Å². The van der Waals surface area contributed by atoms with Crippen molar-refractivity contribution in [1.82, 2.24) is 0 Å². The molecule has 6 aromatic carbocycles. The van der Waals surface area contributed by atoms with Gasteiger partial charge in [-0.25, -0.2) is 0 Å². The van der Waals surface area contributed by atoms with Gasteiger partial charge in [-0.2, -0.15) is 0 Å². The molecule has 10 heteroatoms. The molecule has 6 rings (SSSR count). The average Bonchev–Trinajstić information content (AvgIpc) is 3.17. The van der Waals surface area contributed by atoms with Crippen LogP contribution in [-0.2, 0) is 16.2 Å². The largest absolute Gasteiger partial charge is 0.530 e. The molecule has 0 unspecified atom stereocenters. The normalized spacial score (nSPS) is 12.2. The van der Waals surface area contributed by atoms with E-state index in [-0.39, 0.29) is 33.5 Å². The molecule has 0 saturated carbocycles. The summed E-state index contributed by atoms with van der Waals surface area (Å²) >= 11 is 4.79. The van der Waals surface area contributed by atoms with Crippen LogP contribution in [0.15, 0.2) is 120 Å². The number of hydrogen-bond donors (Lipinski definition) is 3. The van der Waals surface area contributed by atoms with Gasteiger partial charge in [-0.3, -0.25) is 0 Å². The summed E-state index contributed by atoms with van der Waals surface area (Å²) in [6.07, 6.45) is 0. The summed E-state index contributed by atoms with van der Waals surface area (Å²) in [5.74, 6) is 2.64. The number of benzene rings is 6. The minimum atomic E-state index is -2.18. The third kappa shape index (κ3) is 11.9. The first-order valence-corrected chi connectivity index (χ1v) is 25.0. The molecule has 0 bridgehead atoms. The Kier molecular flexibility index (Phi) is 14.7. The van der Waals surface area contributed by atoms with Crippen molar-refractivity contribution in [3.8, 4) is 34.5 Å². The zero-order chi connectivity index (χ0) is 47.1. The van der Waals surface area contributed by atoms with E-state index in [4.69, 9.17) is 13.6 Å². The SMILES string of the molecule is Cc1ccc(Sc2cc(C)c(O)cc2C(C)(C)C)c(OP(Oc2cc(C)ccc2Sc2cc(C)c(O)cc2C(C)(C)C)Oc2cc(C)ccc2Sc2cc(C)c(O)cc2C(C)(C)C)c1. The molecule has 3 N–H and O–H groups in total. The summed E-state index contributed by atoms with van der Waals surface area (Å²) in [6, 6.07) is 30.3. The number of phenolic OH excluding ortho intramolecular Hbond substituents is 3. The van der Waals surface area contributed by atoms with Crippen LogP contribution in [0, 0.1) is 41.5 Å². The quantitative estimate of drug-likeness (QED) is 0.104. The topological polar surface area (TPSA) is 88.4 Å². The molecule has 338 valence electrons. The fourth-order valence-electron chi connectivity index (χ4n) is 6.99. The maximum Gasteiger partial charge on any atom is 0.530 e. The van der Waals surface area contributed by atoms with Crippen LogP contribution in [0.25, 0.3) is 0 Å². The monoisotopic (exact) mass is 934 g/mol. The van der Waals surface area contributed by atoms with Gasteiger partial charge in [0.15, 0.2) is 0 Å². The smallest absolute Gasteiger partial charge is 0.508 e. The molecule has 0 saturated heterocycles. The number of aryl methyl sites for hydroxylation is 6. The van der Waals surface area contributed by atoms with Crippen molar-refractivity contribution in [3.05, 3.63) is 141 Å². The van der Waals surface area contributed by atoms with E-state index < -0.39 is 8.60 Å². The molecule has 0 radical (unpaired) electrons. The molecule has 0 atom stereocenters. The van der Waals surface area contributed by atoms with E-state index in [1.54, 1.807) is 35.3 Å². The maximum atomic E-state index is 10.8. The van der Waals surface area contributed by atoms with E-state index in [0.29, 0.717) is 17.2 Å². The molecule has 64 heavy (non-hydrogen) atoms. The van der Waals surface area contributed by atoms with Crippen molar-refractivity contribution in [1.29, 1.82) is 0 Å². The molecule has 0 aliphatic carbocycles. The van der Waals surface area contributed by atoms with Gasteiger partial charge < -0.3 is 28.9 Å². The van der Waals surface area contributed by atoms with Crippen LogP contribution in [0.5, 0.6) is 34.5 Å². The lowest BCUT2D eigenvalue weighted by Gasteiger charge is -2.26. The van der Waals surface area contributed by atoms with Gasteiger partial charge in [0.1, 0.15) is 34.5 Å². The first-order chi connectivity index (χ1) is 29.8. The molecular formula is C54H63O6PS3. The van der Waals surface area contributed by atoms with E-state index in [2.05, 4.69) is 98.7 Å². The fraction of sp³-hybridized carbons (Fsp3) is 0.333. The highest BCUT2D eigenvalue weighted by Crippen LogP contribution is 2.53. The lowest BCUT2D eigenvalue weighted by molar-refractivity contribution is 0.377. The molecule has 0 aromatic heterocycles. The molecule has 0 aliphatic heterocycles. The van der Waals surface area contributed by atoms with Crippen LogP contribution in [-0.4, -0.2) is 15.3 Å². The van der Waals surface area contributed by atoms with Crippen LogP contribution in [0.2, 0.25) is 0 Å². The number of rotatable bonds is 12. The molecule has 0 heterocycles. The summed E-state index contributed by atoms with van der Waals surface area (Å²) < 4.78 is 21.2. The minimum absolute atomic E-state index is 0.234. The van der Waals surface area contributed by atoms with Crippen molar-refractivity contribution in [2.24, 2.45) is 0 Å². The van der Waals surface area contributed by atoms with Gasteiger partial charge in [-0.05, 0) is 181 Å². The Labute approximate surface area is 395 Å². The van der Waals surface area contributed by atoms with Gasteiger partial charge in [-0.15, -0.1) is 0 Å². The van der Waals surface area contributed by atoms with E-state index >= 15 is 0 Å². The molecular weight excluding hydrogens is 872 g/mol. The molecule has 0 aliphatic rings. The Morgan fingerprint density at radius 2 is 0.609 bits per heavy atom. The molecule has 0 spiro atoms. The summed E-state index contributed by atoms with van der Waals surface area (Å²) in [6.45, 7) is 31.2. The first kappa shape index (κ1) is 49.0. The Morgan fingerprint density at radius 3 is 0.844 bits per heavy atom. The van der Waals surface area contributed by atoms with Crippen molar-refractivity contribution in [2.75, 3.05) is 0 Å².